The summed E-state index contributed by atoms with van der Waals surface area (Å²) in [6.45, 7) is 4.22. The van der Waals surface area contributed by atoms with E-state index in [4.69, 9.17) is 5.26 Å². The monoisotopic (exact) mass is 379 g/mol. The number of carbonyl (C=O) groups excluding carboxylic acids is 1. The number of carbonyl (C=O) groups is 1. The Hall–Kier alpha value is -3.44. The van der Waals surface area contributed by atoms with Gasteiger partial charge in [-0.2, -0.15) is 5.26 Å². The molecule has 1 heterocycles. The number of amides is 1. The van der Waals surface area contributed by atoms with Crippen LogP contribution < -0.4 is 10.2 Å². The second-order valence-electron chi connectivity index (χ2n) is 6.59. The lowest BCUT2D eigenvalue weighted by Gasteiger charge is -2.36. The van der Waals surface area contributed by atoms with Crippen LogP contribution in [-0.2, 0) is 11.3 Å². The van der Waals surface area contributed by atoms with Crippen molar-refractivity contribution in [1.29, 1.82) is 5.26 Å². The zero-order chi connectivity index (χ0) is 19.9. The molecule has 0 unspecified atom stereocenters. The molecule has 0 bridgehead atoms. The Morgan fingerprint density at radius 2 is 1.86 bits per heavy atom. The number of nitrogens with zero attached hydrogens (tertiary/aromatic N) is 4. The Bertz CT molecular complexity index is 886. The molecule has 0 atom stereocenters. The fraction of sp³-hybridized carbons (Fsp3) is 0.300. The molecule has 28 heavy (non-hydrogen) atoms. The van der Waals surface area contributed by atoms with Gasteiger partial charge in [-0.15, -0.1) is 0 Å². The van der Waals surface area contributed by atoms with E-state index in [9.17, 15) is 14.9 Å². The van der Waals surface area contributed by atoms with Gasteiger partial charge in [0.05, 0.1) is 11.0 Å². The van der Waals surface area contributed by atoms with Gasteiger partial charge in [0.15, 0.2) is 0 Å². The Morgan fingerprint density at radius 1 is 1.14 bits per heavy atom. The average molecular weight is 379 g/mol. The molecule has 1 N–H and O–H groups in total. The van der Waals surface area contributed by atoms with Gasteiger partial charge in [-0.3, -0.25) is 19.8 Å². The fourth-order valence-electron chi connectivity index (χ4n) is 3.25. The van der Waals surface area contributed by atoms with Crippen LogP contribution in [-0.4, -0.2) is 41.9 Å². The lowest BCUT2D eigenvalue weighted by atomic mass is 10.1. The molecular formula is C20H21N5O3. The van der Waals surface area contributed by atoms with Gasteiger partial charge in [-0.05, 0) is 17.7 Å². The smallest absolute Gasteiger partial charge is 0.292 e. The van der Waals surface area contributed by atoms with E-state index >= 15 is 0 Å². The third-order valence-corrected chi connectivity index (χ3v) is 4.68. The Kier molecular flexibility index (Phi) is 6.19. The van der Waals surface area contributed by atoms with Crippen molar-refractivity contribution in [3.8, 4) is 6.07 Å². The Morgan fingerprint density at radius 3 is 2.50 bits per heavy atom. The molecular weight excluding hydrogens is 358 g/mol. The molecule has 2 aromatic rings. The number of piperazine rings is 1. The van der Waals surface area contributed by atoms with Crippen LogP contribution in [0.2, 0.25) is 0 Å². The Labute approximate surface area is 163 Å². The average Bonchev–Trinajstić information content (AvgIpc) is 2.69. The second kappa shape index (κ2) is 8.97. The molecule has 0 aliphatic carbocycles. The van der Waals surface area contributed by atoms with E-state index in [1.807, 2.05) is 18.2 Å². The second-order valence-corrected chi connectivity index (χ2v) is 6.59. The number of hydrogen-bond acceptors (Lipinski definition) is 6. The van der Waals surface area contributed by atoms with E-state index in [1.54, 1.807) is 18.2 Å². The molecule has 3 rings (SSSR count). The van der Waals surface area contributed by atoms with Crippen LogP contribution in [0, 0.1) is 21.4 Å². The van der Waals surface area contributed by atoms with E-state index in [1.165, 1.54) is 11.6 Å². The number of nitriles is 1. The molecule has 144 valence electrons. The third-order valence-electron chi connectivity index (χ3n) is 4.68. The first kappa shape index (κ1) is 19.3. The minimum absolute atomic E-state index is 0.120. The quantitative estimate of drug-likeness (QED) is 0.611. The van der Waals surface area contributed by atoms with Crippen LogP contribution in [0.1, 0.15) is 12.0 Å². The summed E-state index contributed by atoms with van der Waals surface area (Å²) in [5.41, 5.74) is 2.03. The summed E-state index contributed by atoms with van der Waals surface area (Å²) in [7, 11) is 0. The van der Waals surface area contributed by atoms with Gasteiger partial charge in [-0.1, -0.05) is 30.3 Å². The van der Waals surface area contributed by atoms with Crippen molar-refractivity contribution in [2.24, 2.45) is 0 Å². The maximum atomic E-state index is 11.7. The predicted octanol–water partition coefficient (Wildman–Crippen LogP) is 2.77. The van der Waals surface area contributed by atoms with E-state index in [0.29, 0.717) is 0 Å². The van der Waals surface area contributed by atoms with Crippen LogP contribution in [0.5, 0.6) is 0 Å². The summed E-state index contributed by atoms with van der Waals surface area (Å²) >= 11 is 0. The number of nitrogens with one attached hydrogen (secondary N) is 1. The number of benzene rings is 2. The SMILES string of the molecule is N#CCC(=O)Nc1cc(N2CCN(Cc3ccccc3)CC2)ccc1[N+](=O)[O-]. The van der Waals surface area contributed by atoms with Crippen molar-refractivity contribution in [2.45, 2.75) is 13.0 Å². The molecule has 0 saturated carbocycles. The first-order valence-electron chi connectivity index (χ1n) is 9.03. The van der Waals surface area contributed by atoms with Crippen LogP contribution in [0.3, 0.4) is 0 Å². The largest absolute Gasteiger partial charge is 0.369 e. The molecule has 0 spiro atoms. The highest BCUT2D eigenvalue weighted by molar-refractivity contribution is 5.95. The molecule has 1 amide bonds. The number of anilines is 2. The van der Waals surface area contributed by atoms with Gasteiger partial charge in [-0.25, -0.2) is 0 Å². The van der Waals surface area contributed by atoms with Crippen molar-refractivity contribution in [2.75, 3.05) is 36.4 Å². The summed E-state index contributed by atoms with van der Waals surface area (Å²) in [6.07, 6.45) is -0.348. The van der Waals surface area contributed by atoms with Gasteiger partial charge in [0.25, 0.3) is 5.69 Å². The molecule has 0 radical (unpaired) electrons. The fourth-order valence-corrected chi connectivity index (χ4v) is 3.25. The lowest BCUT2D eigenvalue weighted by molar-refractivity contribution is -0.383. The van der Waals surface area contributed by atoms with E-state index < -0.39 is 10.8 Å². The van der Waals surface area contributed by atoms with E-state index in [2.05, 4.69) is 27.2 Å². The highest BCUT2D eigenvalue weighted by atomic mass is 16.6. The minimum Gasteiger partial charge on any atom is -0.369 e. The van der Waals surface area contributed by atoms with Gasteiger partial charge >= 0.3 is 0 Å². The molecule has 8 nitrogen and oxygen atoms in total. The number of hydrogen-bond donors (Lipinski definition) is 1. The molecule has 1 fully saturated rings. The normalized spacial score (nSPS) is 14.3. The third kappa shape index (κ3) is 4.84. The minimum atomic E-state index is -0.560. The zero-order valence-corrected chi connectivity index (χ0v) is 15.4. The predicted molar refractivity (Wildman–Crippen MR) is 106 cm³/mol. The van der Waals surface area contributed by atoms with Crippen molar-refractivity contribution in [1.82, 2.24) is 4.90 Å². The first-order valence-corrected chi connectivity index (χ1v) is 9.03. The number of rotatable bonds is 6. The number of nitro groups is 1. The summed E-state index contributed by atoms with van der Waals surface area (Å²) in [5, 5.41) is 22.3. The highest BCUT2D eigenvalue weighted by Gasteiger charge is 2.21. The molecule has 0 aromatic heterocycles. The van der Waals surface area contributed by atoms with Crippen molar-refractivity contribution in [3.63, 3.8) is 0 Å². The van der Waals surface area contributed by atoms with Gasteiger partial charge < -0.3 is 10.2 Å². The van der Waals surface area contributed by atoms with E-state index in [0.717, 1.165) is 38.4 Å². The maximum absolute atomic E-state index is 11.7. The standard InChI is InChI=1S/C20H21N5O3/c21-9-8-20(26)22-18-14-17(6-7-19(18)25(27)28)24-12-10-23(11-13-24)15-16-4-2-1-3-5-16/h1-7,14H,8,10-13,15H2,(H,22,26). The maximum Gasteiger partial charge on any atom is 0.292 e. The summed E-state index contributed by atoms with van der Waals surface area (Å²) in [5.74, 6) is -0.560. The van der Waals surface area contributed by atoms with Crippen molar-refractivity contribution < 1.29 is 9.72 Å². The van der Waals surface area contributed by atoms with Gasteiger partial charge in [0.1, 0.15) is 12.1 Å². The Balaban J connectivity index is 1.67. The van der Waals surface area contributed by atoms with Crippen LogP contribution >= 0.6 is 0 Å². The van der Waals surface area contributed by atoms with Crippen molar-refractivity contribution in [3.05, 3.63) is 64.2 Å². The zero-order valence-electron chi connectivity index (χ0n) is 15.4. The first-order chi connectivity index (χ1) is 13.6. The molecule has 8 heteroatoms. The van der Waals surface area contributed by atoms with E-state index in [-0.39, 0.29) is 17.8 Å². The highest BCUT2D eigenvalue weighted by Crippen LogP contribution is 2.30. The van der Waals surface area contributed by atoms with Gasteiger partial charge in [0.2, 0.25) is 5.91 Å². The van der Waals surface area contributed by atoms with Crippen LogP contribution in [0.15, 0.2) is 48.5 Å². The number of nitro benzene ring substituents is 1. The molecule has 2 aromatic carbocycles. The molecule has 1 aliphatic rings. The van der Waals surface area contributed by atoms with Crippen LogP contribution in [0.4, 0.5) is 17.1 Å². The van der Waals surface area contributed by atoms with Crippen molar-refractivity contribution >= 4 is 23.0 Å². The molecule has 1 saturated heterocycles. The van der Waals surface area contributed by atoms with Crippen LogP contribution in [0.25, 0.3) is 0 Å². The van der Waals surface area contributed by atoms with Gasteiger partial charge in [0, 0.05) is 44.5 Å². The summed E-state index contributed by atoms with van der Waals surface area (Å²) in [4.78, 5) is 26.9. The summed E-state index contributed by atoms with van der Waals surface area (Å²) < 4.78 is 0. The lowest BCUT2D eigenvalue weighted by Crippen LogP contribution is -2.46. The topological polar surface area (TPSA) is 103 Å². The molecule has 1 aliphatic heterocycles. The summed E-state index contributed by atoms with van der Waals surface area (Å²) in [6, 6.07) is 16.7.